The fraction of sp³-hybridized carbons (Fsp3) is 0.357. The Morgan fingerprint density at radius 3 is 2.89 bits per heavy atom. The molecule has 0 bridgehead atoms. The van der Waals surface area contributed by atoms with E-state index in [1.165, 1.54) is 4.88 Å². The second kappa shape index (κ2) is 5.98. The summed E-state index contributed by atoms with van der Waals surface area (Å²) in [4.78, 5) is 6.62. The van der Waals surface area contributed by atoms with Gasteiger partial charge in [0.15, 0.2) is 0 Å². The van der Waals surface area contributed by atoms with Crippen LogP contribution in [0.4, 0.5) is 0 Å². The summed E-state index contributed by atoms with van der Waals surface area (Å²) in [5, 5.41) is 0. The largest absolute Gasteiger partial charge is 0.492 e. The van der Waals surface area contributed by atoms with E-state index in [0.29, 0.717) is 6.61 Å². The molecule has 96 valence electrons. The summed E-state index contributed by atoms with van der Waals surface area (Å²) in [5.74, 6) is 0.790. The first-order valence-corrected chi connectivity index (χ1v) is 6.92. The van der Waals surface area contributed by atoms with Gasteiger partial charge in [-0.15, -0.1) is 11.3 Å². The molecule has 0 aliphatic heterocycles. The molecule has 0 aliphatic rings. The highest BCUT2D eigenvalue weighted by molar-refractivity contribution is 7.12. The van der Waals surface area contributed by atoms with Gasteiger partial charge in [-0.3, -0.25) is 4.98 Å². The molecule has 2 heterocycles. The molecule has 0 radical (unpaired) electrons. The SMILES string of the molecule is CCCOc1cncc(C(N)c2ccc(C)s2)c1. The zero-order chi connectivity index (χ0) is 13.0. The maximum Gasteiger partial charge on any atom is 0.137 e. The van der Waals surface area contributed by atoms with Crippen LogP contribution >= 0.6 is 11.3 Å². The Morgan fingerprint density at radius 2 is 2.22 bits per heavy atom. The van der Waals surface area contributed by atoms with Crippen LogP contribution < -0.4 is 10.5 Å². The fourth-order valence-corrected chi connectivity index (χ4v) is 2.60. The first-order chi connectivity index (χ1) is 8.70. The second-order valence-electron chi connectivity index (χ2n) is 4.23. The normalized spacial score (nSPS) is 12.4. The summed E-state index contributed by atoms with van der Waals surface area (Å²) in [6.07, 6.45) is 4.52. The maximum absolute atomic E-state index is 6.24. The molecular weight excluding hydrogens is 244 g/mol. The second-order valence-corrected chi connectivity index (χ2v) is 5.55. The van der Waals surface area contributed by atoms with Crippen LogP contribution in [0.25, 0.3) is 0 Å². The summed E-state index contributed by atoms with van der Waals surface area (Å²) < 4.78 is 5.57. The van der Waals surface area contributed by atoms with Gasteiger partial charge in [-0.1, -0.05) is 6.92 Å². The van der Waals surface area contributed by atoms with Gasteiger partial charge in [-0.25, -0.2) is 0 Å². The van der Waals surface area contributed by atoms with Crippen molar-refractivity contribution in [2.45, 2.75) is 26.3 Å². The van der Waals surface area contributed by atoms with Gasteiger partial charge >= 0.3 is 0 Å². The van der Waals surface area contributed by atoms with Gasteiger partial charge < -0.3 is 10.5 Å². The predicted octanol–water partition coefficient (Wildman–Crippen LogP) is 3.29. The molecule has 18 heavy (non-hydrogen) atoms. The quantitative estimate of drug-likeness (QED) is 0.899. The highest BCUT2D eigenvalue weighted by Gasteiger charge is 2.12. The number of hydrogen-bond donors (Lipinski definition) is 1. The van der Waals surface area contributed by atoms with Crippen molar-refractivity contribution >= 4 is 11.3 Å². The molecule has 0 fully saturated rings. The summed E-state index contributed by atoms with van der Waals surface area (Å²) in [7, 11) is 0. The van der Waals surface area contributed by atoms with Crippen molar-refractivity contribution in [2.75, 3.05) is 6.61 Å². The first kappa shape index (κ1) is 13.1. The zero-order valence-electron chi connectivity index (χ0n) is 10.7. The molecule has 3 nitrogen and oxygen atoms in total. The molecule has 1 unspecified atom stereocenters. The molecule has 2 aromatic heterocycles. The summed E-state index contributed by atoms with van der Waals surface area (Å²) in [5.41, 5.74) is 7.23. The third kappa shape index (κ3) is 3.09. The van der Waals surface area contributed by atoms with Crippen LogP contribution in [0.5, 0.6) is 5.75 Å². The van der Waals surface area contributed by atoms with Crippen LogP contribution in [0.2, 0.25) is 0 Å². The Morgan fingerprint density at radius 1 is 1.39 bits per heavy atom. The number of aromatic nitrogens is 1. The number of nitrogens with two attached hydrogens (primary N) is 1. The van der Waals surface area contributed by atoms with Crippen molar-refractivity contribution in [3.8, 4) is 5.75 Å². The third-order valence-electron chi connectivity index (χ3n) is 2.63. The number of rotatable bonds is 5. The van der Waals surface area contributed by atoms with E-state index in [9.17, 15) is 0 Å². The van der Waals surface area contributed by atoms with E-state index in [1.807, 2.05) is 6.07 Å². The average molecular weight is 262 g/mol. The molecule has 0 spiro atoms. The van der Waals surface area contributed by atoms with Gasteiger partial charge in [0.05, 0.1) is 18.8 Å². The van der Waals surface area contributed by atoms with Crippen molar-refractivity contribution in [2.24, 2.45) is 5.73 Å². The van der Waals surface area contributed by atoms with Gasteiger partial charge in [-0.2, -0.15) is 0 Å². The molecule has 0 saturated heterocycles. The van der Waals surface area contributed by atoms with Crippen LogP contribution in [0.15, 0.2) is 30.6 Å². The van der Waals surface area contributed by atoms with E-state index >= 15 is 0 Å². The lowest BCUT2D eigenvalue weighted by Gasteiger charge is -2.11. The topological polar surface area (TPSA) is 48.1 Å². The minimum absolute atomic E-state index is 0.124. The Hall–Kier alpha value is -1.39. The molecule has 0 aromatic carbocycles. The number of ether oxygens (including phenoxy) is 1. The Kier molecular flexibility index (Phi) is 4.33. The highest BCUT2D eigenvalue weighted by atomic mass is 32.1. The number of thiophene rings is 1. The number of nitrogens with zero attached hydrogens (tertiary/aromatic N) is 1. The van der Waals surface area contributed by atoms with E-state index < -0.39 is 0 Å². The molecule has 4 heteroatoms. The lowest BCUT2D eigenvalue weighted by atomic mass is 10.1. The Bertz CT molecular complexity index is 510. The molecule has 1 atom stereocenters. The lowest BCUT2D eigenvalue weighted by Crippen LogP contribution is -2.10. The van der Waals surface area contributed by atoms with Crippen molar-refractivity contribution in [3.63, 3.8) is 0 Å². The predicted molar refractivity (Wildman–Crippen MR) is 75.1 cm³/mol. The van der Waals surface area contributed by atoms with Gasteiger partial charge in [0.1, 0.15) is 5.75 Å². The zero-order valence-corrected chi connectivity index (χ0v) is 11.5. The fourth-order valence-electron chi connectivity index (χ4n) is 1.69. The van der Waals surface area contributed by atoms with Gasteiger partial charge in [0.2, 0.25) is 0 Å². The third-order valence-corrected chi connectivity index (χ3v) is 3.72. The Balaban J connectivity index is 2.17. The van der Waals surface area contributed by atoms with Crippen LogP contribution in [0.1, 0.15) is 34.7 Å². The average Bonchev–Trinajstić information content (AvgIpc) is 2.82. The first-order valence-electron chi connectivity index (χ1n) is 6.10. The van der Waals surface area contributed by atoms with Gasteiger partial charge in [0.25, 0.3) is 0 Å². The molecule has 0 saturated carbocycles. The van der Waals surface area contributed by atoms with Crippen molar-refractivity contribution < 1.29 is 4.74 Å². The number of aryl methyl sites for hydroxylation is 1. The van der Waals surface area contributed by atoms with Crippen molar-refractivity contribution in [1.82, 2.24) is 4.98 Å². The smallest absolute Gasteiger partial charge is 0.137 e. The van der Waals surface area contributed by atoms with Crippen LogP contribution in [0.3, 0.4) is 0 Å². The van der Waals surface area contributed by atoms with E-state index in [0.717, 1.165) is 22.6 Å². The highest BCUT2D eigenvalue weighted by Crippen LogP contribution is 2.27. The van der Waals surface area contributed by atoms with Crippen molar-refractivity contribution in [3.05, 3.63) is 45.9 Å². The minimum Gasteiger partial charge on any atom is -0.492 e. The molecule has 0 aliphatic carbocycles. The van der Waals surface area contributed by atoms with Crippen LogP contribution in [-0.4, -0.2) is 11.6 Å². The lowest BCUT2D eigenvalue weighted by molar-refractivity contribution is 0.315. The standard InChI is InChI=1S/C14H18N2OS/c1-3-6-17-12-7-11(8-16-9-12)14(15)13-5-4-10(2)18-13/h4-5,7-9,14H,3,6,15H2,1-2H3. The van der Waals surface area contributed by atoms with E-state index in [4.69, 9.17) is 10.5 Å². The molecular formula is C14H18N2OS. The van der Waals surface area contributed by atoms with Crippen LogP contribution in [0, 0.1) is 6.92 Å². The van der Waals surface area contributed by atoms with Crippen molar-refractivity contribution in [1.29, 1.82) is 0 Å². The van der Waals surface area contributed by atoms with Gasteiger partial charge in [-0.05, 0) is 37.1 Å². The molecule has 2 rings (SSSR count). The van der Waals surface area contributed by atoms with E-state index in [2.05, 4.69) is 31.0 Å². The Labute approximate surface area is 112 Å². The molecule has 2 N–H and O–H groups in total. The molecule has 0 amide bonds. The summed E-state index contributed by atoms with van der Waals surface area (Å²) in [6.45, 7) is 4.87. The van der Waals surface area contributed by atoms with E-state index in [-0.39, 0.29) is 6.04 Å². The maximum atomic E-state index is 6.24. The monoisotopic (exact) mass is 262 g/mol. The minimum atomic E-state index is -0.124. The van der Waals surface area contributed by atoms with Crippen LogP contribution in [-0.2, 0) is 0 Å². The number of hydrogen-bond acceptors (Lipinski definition) is 4. The van der Waals surface area contributed by atoms with E-state index in [1.54, 1.807) is 23.7 Å². The molecule has 2 aromatic rings. The summed E-state index contributed by atoms with van der Waals surface area (Å²) in [6, 6.07) is 6.01. The van der Waals surface area contributed by atoms with Gasteiger partial charge in [0, 0.05) is 16.0 Å². The summed E-state index contributed by atoms with van der Waals surface area (Å²) >= 11 is 1.72. The number of pyridine rings is 1.